The van der Waals surface area contributed by atoms with Gasteiger partial charge in [-0.1, -0.05) is 36.4 Å². The number of carbonyl (C=O) groups excluding carboxylic acids is 1. The molecule has 0 radical (unpaired) electrons. The molecule has 3 aromatic rings. The third-order valence-corrected chi connectivity index (χ3v) is 5.35. The van der Waals surface area contributed by atoms with E-state index in [1.807, 2.05) is 57.3 Å². The highest BCUT2D eigenvalue weighted by Gasteiger charge is 2.22. The topological polar surface area (TPSA) is 45.7 Å². The summed E-state index contributed by atoms with van der Waals surface area (Å²) in [5.41, 5.74) is 3.75. The SMILES string of the molecule is Cc1ccc(C)c(N(C)C(=O)c2cnc(N3CCOCC3)c3ccccc23)c1. The maximum atomic E-state index is 13.4. The van der Waals surface area contributed by atoms with Crippen LogP contribution in [0.1, 0.15) is 21.5 Å². The normalized spacial score (nSPS) is 14.3. The second-order valence-electron chi connectivity index (χ2n) is 7.29. The van der Waals surface area contributed by atoms with Crippen molar-refractivity contribution in [1.29, 1.82) is 0 Å². The molecule has 144 valence electrons. The summed E-state index contributed by atoms with van der Waals surface area (Å²) >= 11 is 0. The summed E-state index contributed by atoms with van der Waals surface area (Å²) in [5.74, 6) is 0.871. The van der Waals surface area contributed by atoms with E-state index in [4.69, 9.17) is 9.72 Å². The molecule has 1 amide bonds. The zero-order chi connectivity index (χ0) is 19.7. The number of aromatic nitrogens is 1. The van der Waals surface area contributed by atoms with Gasteiger partial charge in [-0.15, -0.1) is 0 Å². The number of fused-ring (bicyclic) bond motifs is 1. The quantitative estimate of drug-likeness (QED) is 0.695. The van der Waals surface area contributed by atoms with Gasteiger partial charge in [-0.25, -0.2) is 4.98 Å². The van der Waals surface area contributed by atoms with Crippen molar-refractivity contribution >= 4 is 28.2 Å². The highest BCUT2D eigenvalue weighted by Crippen LogP contribution is 2.30. The number of hydrogen-bond acceptors (Lipinski definition) is 4. The van der Waals surface area contributed by atoms with Gasteiger partial charge in [-0.05, 0) is 36.4 Å². The second-order valence-corrected chi connectivity index (χ2v) is 7.29. The third-order valence-electron chi connectivity index (χ3n) is 5.35. The van der Waals surface area contributed by atoms with Gasteiger partial charge in [0.2, 0.25) is 0 Å². The van der Waals surface area contributed by atoms with Gasteiger partial charge in [-0.2, -0.15) is 0 Å². The molecule has 0 N–H and O–H groups in total. The molecule has 28 heavy (non-hydrogen) atoms. The van der Waals surface area contributed by atoms with Gasteiger partial charge in [0.1, 0.15) is 5.82 Å². The molecule has 0 unspecified atom stereocenters. The number of pyridine rings is 1. The molecule has 0 saturated carbocycles. The molecule has 0 aliphatic carbocycles. The molecule has 1 saturated heterocycles. The first-order valence-electron chi connectivity index (χ1n) is 9.62. The Morgan fingerprint density at radius 1 is 1.07 bits per heavy atom. The van der Waals surface area contributed by atoms with Gasteiger partial charge in [0, 0.05) is 37.4 Å². The standard InChI is InChI=1S/C23H25N3O2/c1-16-8-9-17(2)21(14-16)25(3)23(27)20-15-24-22(26-10-12-28-13-11-26)19-7-5-4-6-18(19)20/h4-9,14-15H,10-13H2,1-3H3. The van der Waals surface area contributed by atoms with Gasteiger partial charge in [-0.3, -0.25) is 4.79 Å². The summed E-state index contributed by atoms with van der Waals surface area (Å²) in [6.07, 6.45) is 1.72. The Hall–Kier alpha value is -2.92. The lowest BCUT2D eigenvalue weighted by atomic mass is 10.0. The molecule has 1 fully saturated rings. The predicted molar refractivity (Wildman–Crippen MR) is 113 cm³/mol. The van der Waals surface area contributed by atoms with Crippen LogP contribution in [0.25, 0.3) is 10.8 Å². The monoisotopic (exact) mass is 375 g/mol. The van der Waals surface area contributed by atoms with E-state index in [0.717, 1.165) is 46.5 Å². The Balaban J connectivity index is 1.76. The van der Waals surface area contributed by atoms with Crippen LogP contribution < -0.4 is 9.80 Å². The molecule has 0 bridgehead atoms. The van der Waals surface area contributed by atoms with Crippen LogP contribution in [0.3, 0.4) is 0 Å². The average molecular weight is 375 g/mol. The van der Waals surface area contributed by atoms with Gasteiger partial charge in [0.15, 0.2) is 0 Å². The third kappa shape index (κ3) is 3.34. The largest absolute Gasteiger partial charge is 0.378 e. The number of hydrogen-bond donors (Lipinski definition) is 0. The molecule has 1 aliphatic rings. The first-order chi connectivity index (χ1) is 13.6. The van der Waals surface area contributed by atoms with Crippen molar-refractivity contribution in [2.24, 2.45) is 0 Å². The number of rotatable bonds is 3. The molecule has 2 aromatic carbocycles. The Labute approximate surface area is 165 Å². The van der Waals surface area contributed by atoms with Crippen LogP contribution in [0.4, 0.5) is 11.5 Å². The minimum Gasteiger partial charge on any atom is -0.378 e. The van der Waals surface area contributed by atoms with Crippen LogP contribution in [-0.4, -0.2) is 44.2 Å². The predicted octanol–water partition coefficient (Wildman–Crippen LogP) is 3.96. The zero-order valence-corrected chi connectivity index (χ0v) is 16.6. The second kappa shape index (κ2) is 7.60. The average Bonchev–Trinajstić information content (AvgIpc) is 2.74. The van der Waals surface area contributed by atoms with Crippen LogP contribution in [0, 0.1) is 13.8 Å². The summed E-state index contributed by atoms with van der Waals surface area (Å²) in [4.78, 5) is 22.0. The van der Waals surface area contributed by atoms with Crippen molar-refractivity contribution in [2.75, 3.05) is 43.2 Å². The number of nitrogens with zero attached hydrogens (tertiary/aromatic N) is 3. The molecular formula is C23H25N3O2. The Morgan fingerprint density at radius 2 is 1.79 bits per heavy atom. The molecule has 5 heteroatoms. The van der Waals surface area contributed by atoms with Crippen LogP contribution in [-0.2, 0) is 4.74 Å². The van der Waals surface area contributed by atoms with Gasteiger partial charge in [0.25, 0.3) is 5.91 Å². The number of aryl methyl sites for hydroxylation is 2. The maximum absolute atomic E-state index is 13.4. The number of benzene rings is 2. The lowest BCUT2D eigenvalue weighted by molar-refractivity contribution is 0.0994. The first kappa shape index (κ1) is 18.4. The Kier molecular flexibility index (Phi) is 5.01. The summed E-state index contributed by atoms with van der Waals surface area (Å²) in [7, 11) is 1.83. The van der Waals surface area contributed by atoms with E-state index < -0.39 is 0 Å². The van der Waals surface area contributed by atoms with E-state index >= 15 is 0 Å². The van der Waals surface area contributed by atoms with E-state index in [2.05, 4.69) is 11.0 Å². The van der Waals surface area contributed by atoms with E-state index in [1.165, 1.54) is 0 Å². The van der Waals surface area contributed by atoms with Crippen molar-refractivity contribution in [1.82, 2.24) is 4.98 Å². The highest BCUT2D eigenvalue weighted by atomic mass is 16.5. The fourth-order valence-electron chi connectivity index (χ4n) is 3.75. The van der Waals surface area contributed by atoms with Crippen molar-refractivity contribution in [2.45, 2.75) is 13.8 Å². The minimum absolute atomic E-state index is 0.0501. The first-order valence-corrected chi connectivity index (χ1v) is 9.62. The lowest BCUT2D eigenvalue weighted by Crippen LogP contribution is -2.37. The van der Waals surface area contributed by atoms with E-state index in [9.17, 15) is 4.79 Å². The molecule has 5 nitrogen and oxygen atoms in total. The summed E-state index contributed by atoms with van der Waals surface area (Å²) in [5, 5.41) is 1.94. The van der Waals surface area contributed by atoms with Crippen molar-refractivity contribution in [3.63, 3.8) is 0 Å². The number of carbonyl (C=O) groups is 1. The Morgan fingerprint density at radius 3 is 2.54 bits per heavy atom. The van der Waals surface area contributed by atoms with Crippen LogP contribution >= 0.6 is 0 Å². The van der Waals surface area contributed by atoms with Gasteiger partial charge in [0.05, 0.1) is 18.8 Å². The lowest BCUT2D eigenvalue weighted by Gasteiger charge is -2.29. The van der Waals surface area contributed by atoms with Gasteiger partial charge < -0.3 is 14.5 Å². The summed E-state index contributed by atoms with van der Waals surface area (Å²) < 4.78 is 5.47. The number of ether oxygens (including phenoxy) is 1. The van der Waals surface area contributed by atoms with Crippen LogP contribution in [0.5, 0.6) is 0 Å². The maximum Gasteiger partial charge on any atom is 0.260 e. The fraction of sp³-hybridized carbons (Fsp3) is 0.304. The van der Waals surface area contributed by atoms with E-state index in [0.29, 0.717) is 18.8 Å². The van der Waals surface area contributed by atoms with Gasteiger partial charge >= 0.3 is 0 Å². The van der Waals surface area contributed by atoms with Crippen molar-refractivity contribution in [3.05, 3.63) is 65.4 Å². The molecule has 2 heterocycles. The molecule has 4 rings (SSSR count). The molecular weight excluding hydrogens is 350 g/mol. The minimum atomic E-state index is -0.0501. The van der Waals surface area contributed by atoms with Crippen LogP contribution in [0.15, 0.2) is 48.7 Å². The zero-order valence-electron chi connectivity index (χ0n) is 16.6. The number of anilines is 2. The Bertz CT molecular complexity index is 1030. The van der Waals surface area contributed by atoms with Crippen molar-refractivity contribution in [3.8, 4) is 0 Å². The van der Waals surface area contributed by atoms with Crippen LogP contribution in [0.2, 0.25) is 0 Å². The fourth-order valence-corrected chi connectivity index (χ4v) is 3.75. The highest BCUT2D eigenvalue weighted by molar-refractivity contribution is 6.15. The molecule has 0 spiro atoms. The van der Waals surface area contributed by atoms with E-state index in [1.54, 1.807) is 11.1 Å². The van der Waals surface area contributed by atoms with E-state index in [-0.39, 0.29) is 5.91 Å². The molecule has 1 aromatic heterocycles. The number of amides is 1. The number of morpholine rings is 1. The van der Waals surface area contributed by atoms with Crippen molar-refractivity contribution < 1.29 is 9.53 Å². The molecule has 0 atom stereocenters. The molecule has 1 aliphatic heterocycles. The smallest absolute Gasteiger partial charge is 0.260 e. The summed E-state index contributed by atoms with van der Waals surface area (Å²) in [6.45, 7) is 7.09. The summed E-state index contributed by atoms with van der Waals surface area (Å²) in [6, 6.07) is 14.2.